The molecule has 2 aromatic rings. The van der Waals surface area contributed by atoms with Gasteiger partial charge in [0.05, 0.1) is 0 Å². The van der Waals surface area contributed by atoms with Crippen molar-refractivity contribution in [3.05, 3.63) is 0 Å². The highest BCUT2D eigenvalue weighted by Crippen LogP contribution is 2.18. The fraction of sp³-hybridized carbons (Fsp3) is 0. The van der Waals surface area contributed by atoms with Gasteiger partial charge in [-0.2, -0.15) is 0 Å². The van der Waals surface area contributed by atoms with E-state index < -0.39 is 0 Å². The molecule has 0 atom stereocenters. The van der Waals surface area contributed by atoms with Gasteiger partial charge < -0.3 is 17.3 Å². The van der Waals surface area contributed by atoms with Gasteiger partial charge in [0.1, 0.15) is 0 Å². The summed E-state index contributed by atoms with van der Waals surface area (Å²) in [6.45, 7) is 0. The third kappa shape index (κ3) is 0.937. The first-order valence-electron chi connectivity index (χ1n) is 3.24. The summed E-state index contributed by atoms with van der Waals surface area (Å²) in [5.74, 6) is 5.80. The molecule has 68 valence electrons. The Morgan fingerprint density at radius 1 is 1.15 bits per heavy atom. The fourth-order valence-corrected chi connectivity index (χ4v) is 0.816. The molecule has 0 fully saturated rings. The Morgan fingerprint density at radius 3 is 2.38 bits per heavy atom. The van der Waals surface area contributed by atoms with Gasteiger partial charge in [0.15, 0.2) is 11.5 Å². The van der Waals surface area contributed by atoms with Crippen LogP contribution in [0.5, 0.6) is 0 Å². The van der Waals surface area contributed by atoms with Crippen LogP contribution in [-0.4, -0.2) is 25.2 Å². The molecule has 0 amide bonds. The van der Waals surface area contributed by atoms with E-state index in [0.29, 0.717) is 0 Å². The second kappa shape index (κ2) is 2.33. The van der Waals surface area contributed by atoms with Gasteiger partial charge in [0.2, 0.25) is 11.8 Å². The molecular formula is C4H6N8O. The molecule has 0 aliphatic heterocycles. The Bertz CT molecular complexity index is 429. The van der Waals surface area contributed by atoms with Crippen LogP contribution in [0.3, 0.4) is 0 Å². The van der Waals surface area contributed by atoms with Crippen LogP contribution in [0, 0.1) is 0 Å². The van der Waals surface area contributed by atoms with Gasteiger partial charge >= 0.3 is 0 Å². The van der Waals surface area contributed by atoms with Gasteiger partial charge in [-0.25, -0.2) is 9.31 Å². The smallest absolute Gasteiger partial charge is 0.241 e. The van der Waals surface area contributed by atoms with E-state index in [0.717, 1.165) is 4.68 Å². The minimum absolute atomic E-state index is 0.0531. The Kier molecular flexibility index (Phi) is 1.32. The van der Waals surface area contributed by atoms with E-state index in [1.54, 1.807) is 0 Å². The summed E-state index contributed by atoms with van der Waals surface area (Å²) in [7, 11) is 0. The summed E-state index contributed by atoms with van der Waals surface area (Å²) in [4.78, 5) is 0. The van der Waals surface area contributed by atoms with Crippen molar-refractivity contribution in [3.63, 3.8) is 0 Å². The second-order valence-corrected chi connectivity index (χ2v) is 2.25. The van der Waals surface area contributed by atoms with Crippen molar-refractivity contribution in [1.29, 1.82) is 0 Å². The average Bonchev–Trinajstić information content (AvgIpc) is 2.62. The van der Waals surface area contributed by atoms with E-state index in [9.17, 15) is 0 Å². The van der Waals surface area contributed by atoms with Crippen molar-refractivity contribution in [2.75, 3.05) is 17.3 Å². The molecular weight excluding hydrogens is 176 g/mol. The molecule has 6 N–H and O–H groups in total. The van der Waals surface area contributed by atoms with Crippen molar-refractivity contribution in [3.8, 4) is 11.5 Å². The molecule has 9 nitrogen and oxygen atoms in total. The predicted molar refractivity (Wildman–Crippen MR) is 42.3 cm³/mol. The lowest BCUT2D eigenvalue weighted by atomic mass is 10.4. The van der Waals surface area contributed by atoms with E-state index in [1.807, 2.05) is 0 Å². The molecule has 2 rings (SSSR count). The molecule has 0 saturated heterocycles. The third-order valence-electron chi connectivity index (χ3n) is 1.45. The molecule has 0 aliphatic carbocycles. The fourth-order valence-electron chi connectivity index (χ4n) is 0.816. The van der Waals surface area contributed by atoms with Gasteiger partial charge in [-0.15, -0.1) is 10.2 Å². The molecule has 13 heavy (non-hydrogen) atoms. The van der Waals surface area contributed by atoms with E-state index in [4.69, 9.17) is 17.3 Å². The number of anilines is 2. The van der Waals surface area contributed by atoms with Crippen LogP contribution >= 0.6 is 0 Å². The summed E-state index contributed by atoms with van der Waals surface area (Å²) >= 11 is 0. The first-order chi connectivity index (χ1) is 6.20. The summed E-state index contributed by atoms with van der Waals surface area (Å²) in [5.41, 5.74) is 11.0. The number of hydrogen-bond donors (Lipinski definition) is 3. The van der Waals surface area contributed by atoms with Crippen molar-refractivity contribution in [2.24, 2.45) is 0 Å². The first-order valence-corrected chi connectivity index (χ1v) is 3.24. The zero-order valence-electron chi connectivity index (χ0n) is 6.38. The van der Waals surface area contributed by atoms with Gasteiger partial charge in [-0.1, -0.05) is 0 Å². The highest BCUT2D eigenvalue weighted by Gasteiger charge is 2.16. The Labute approximate surface area is 71.4 Å². The van der Waals surface area contributed by atoms with Crippen molar-refractivity contribution in [1.82, 2.24) is 25.2 Å². The number of nitrogens with zero attached hydrogens (tertiary/aromatic N) is 5. The summed E-state index contributed by atoms with van der Waals surface area (Å²) in [5, 5.41) is 14.0. The molecule has 2 aromatic heterocycles. The Morgan fingerprint density at radius 2 is 1.92 bits per heavy atom. The minimum Gasteiger partial charge on any atom is -0.379 e. The maximum Gasteiger partial charge on any atom is 0.241 e. The maximum absolute atomic E-state index is 5.46. The molecule has 0 aliphatic rings. The number of hydrogen-bond acceptors (Lipinski definition) is 8. The summed E-state index contributed by atoms with van der Waals surface area (Å²) < 4.78 is 5.40. The van der Waals surface area contributed by atoms with E-state index in [-0.39, 0.29) is 23.3 Å². The summed E-state index contributed by atoms with van der Waals surface area (Å²) in [6.07, 6.45) is 0. The molecule has 0 saturated carbocycles. The van der Waals surface area contributed by atoms with Crippen LogP contribution in [0.1, 0.15) is 0 Å². The maximum atomic E-state index is 5.46. The van der Waals surface area contributed by atoms with E-state index in [1.165, 1.54) is 0 Å². The van der Waals surface area contributed by atoms with Crippen molar-refractivity contribution < 1.29 is 4.63 Å². The topological polar surface area (TPSA) is 148 Å². The molecule has 0 spiro atoms. The highest BCUT2D eigenvalue weighted by atomic mass is 16.6. The van der Waals surface area contributed by atoms with Crippen LogP contribution in [0.4, 0.5) is 11.8 Å². The largest absolute Gasteiger partial charge is 0.379 e. The average molecular weight is 182 g/mol. The standard InChI is InChI=1S/C4H6N8O/c5-2-1(10-13-11-2)3-8-9-4(6)12(3)7/h7H2,(H2,5,11)(H2,6,9). The van der Waals surface area contributed by atoms with E-state index in [2.05, 4.69) is 25.1 Å². The molecule has 0 aromatic carbocycles. The predicted octanol–water partition coefficient (Wildman–Crippen LogP) is -1.79. The lowest BCUT2D eigenvalue weighted by Crippen LogP contribution is -2.13. The minimum atomic E-state index is 0.0531. The SMILES string of the molecule is Nc1nonc1-c1nnc(N)n1N. The van der Waals surface area contributed by atoms with E-state index >= 15 is 0 Å². The zero-order chi connectivity index (χ0) is 9.42. The number of nitrogens with two attached hydrogens (primary N) is 3. The highest BCUT2D eigenvalue weighted by molar-refractivity contribution is 5.63. The number of aromatic nitrogens is 5. The number of nitrogen functional groups attached to an aromatic ring is 3. The Hall–Kier alpha value is -2.32. The van der Waals surface area contributed by atoms with Crippen molar-refractivity contribution >= 4 is 11.8 Å². The van der Waals surface area contributed by atoms with Gasteiger partial charge in [-0.05, 0) is 10.3 Å². The second-order valence-electron chi connectivity index (χ2n) is 2.25. The lowest BCUT2D eigenvalue weighted by molar-refractivity contribution is 0.310. The molecule has 9 heteroatoms. The molecule has 2 heterocycles. The number of rotatable bonds is 1. The van der Waals surface area contributed by atoms with Crippen LogP contribution in [0.15, 0.2) is 4.63 Å². The van der Waals surface area contributed by atoms with Gasteiger partial charge in [-0.3, -0.25) is 0 Å². The normalized spacial score (nSPS) is 10.5. The van der Waals surface area contributed by atoms with Crippen LogP contribution in [-0.2, 0) is 0 Å². The van der Waals surface area contributed by atoms with Crippen LogP contribution in [0.25, 0.3) is 11.5 Å². The zero-order valence-corrected chi connectivity index (χ0v) is 6.38. The Balaban J connectivity index is 2.59. The van der Waals surface area contributed by atoms with Crippen molar-refractivity contribution in [2.45, 2.75) is 0 Å². The third-order valence-corrected chi connectivity index (χ3v) is 1.45. The molecule has 0 radical (unpaired) electrons. The molecule has 0 bridgehead atoms. The van der Waals surface area contributed by atoms with Gasteiger partial charge in [0.25, 0.3) is 0 Å². The van der Waals surface area contributed by atoms with Crippen LogP contribution in [0.2, 0.25) is 0 Å². The quantitative estimate of drug-likeness (QED) is 0.437. The molecule has 0 unspecified atom stereocenters. The van der Waals surface area contributed by atoms with Gasteiger partial charge in [0, 0.05) is 0 Å². The summed E-state index contributed by atoms with van der Waals surface area (Å²) in [6, 6.07) is 0. The monoisotopic (exact) mass is 182 g/mol. The lowest BCUT2D eigenvalue weighted by Gasteiger charge is -1.95. The first kappa shape index (κ1) is 7.34. The van der Waals surface area contributed by atoms with Crippen LogP contribution < -0.4 is 17.3 Å².